The van der Waals surface area contributed by atoms with Crippen LogP contribution in [0, 0.1) is 11.7 Å². The van der Waals surface area contributed by atoms with Gasteiger partial charge in [0.2, 0.25) is 0 Å². The van der Waals surface area contributed by atoms with Crippen LogP contribution >= 0.6 is 12.4 Å². The molecule has 23 heavy (non-hydrogen) atoms. The number of alkyl halides is 3. The second-order valence-corrected chi connectivity index (χ2v) is 5.43. The molecule has 3 nitrogen and oxygen atoms in total. The van der Waals surface area contributed by atoms with Crippen molar-refractivity contribution >= 4 is 12.4 Å². The number of hydrogen-bond donors (Lipinski definition) is 1. The lowest BCUT2D eigenvalue weighted by atomic mass is 9.87. The maximum Gasteiger partial charge on any atom is 0.391 e. The van der Waals surface area contributed by atoms with E-state index in [1.807, 2.05) is 0 Å². The van der Waals surface area contributed by atoms with Crippen LogP contribution in [0.15, 0.2) is 12.1 Å². The summed E-state index contributed by atoms with van der Waals surface area (Å²) in [6.45, 7) is 0.122. The molecule has 0 amide bonds. The predicted octanol–water partition coefficient (Wildman–Crippen LogP) is 4.21. The van der Waals surface area contributed by atoms with E-state index in [1.54, 1.807) is 0 Å². The molecule has 0 bridgehead atoms. The Morgan fingerprint density at radius 3 is 2.22 bits per heavy atom. The van der Waals surface area contributed by atoms with E-state index >= 15 is 0 Å². The van der Waals surface area contributed by atoms with Crippen molar-refractivity contribution in [3.8, 4) is 11.5 Å². The van der Waals surface area contributed by atoms with Gasteiger partial charge in [0.1, 0.15) is 5.75 Å². The number of ether oxygens (including phenoxy) is 2. The summed E-state index contributed by atoms with van der Waals surface area (Å²) in [5, 5.41) is 0. The molecule has 132 valence electrons. The van der Waals surface area contributed by atoms with E-state index in [4.69, 9.17) is 15.2 Å². The van der Waals surface area contributed by atoms with E-state index in [0.29, 0.717) is 11.3 Å². The van der Waals surface area contributed by atoms with Crippen LogP contribution in [-0.4, -0.2) is 19.4 Å². The minimum atomic E-state index is -4.16. The lowest BCUT2D eigenvalue weighted by Gasteiger charge is -2.30. The first kappa shape index (κ1) is 19.8. The summed E-state index contributed by atoms with van der Waals surface area (Å²) in [5.74, 6) is -1.47. The van der Waals surface area contributed by atoms with Gasteiger partial charge in [0.25, 0.3) is 0 Å². The van der Waals surface area contributed by atoms with Gasteiger partial charge in [-0.2, -0.15) is 13.2 Å². The van der Waals surface area contributed by atoms with Crippen molar-refractivity contribution in [3.63, 3.8) is 0 Å². The standard InChI is InChI=1S/C15H19F4NO2.ClH/c1-21-13-7-14(12(16)6-9(13)8-20)22-11-4-2-10(3-5-11)15(17,18)19;/h6-7,10-11H,2-5,8,20H2,1H3;1H. The number of hydrogen-bond acceptors (Lipinski definition) is 3. The van der Waals surface area contributed by atoms with Gasteiger partial charge in [0.05, 0.1) is 19.1 Å². The van der Waals surface area contributed by atoms with Crippen molar-refractivity contribution in [1.82, 2.24) is 0 Å². The van der Waals surface area contributed by atoms with Crippen LogP contribution in [0.1, 0.15) is 31.2 Å². The van der Waals surface area contributed by atoms with Crippen molar-refractivity contribution < 1.29 is 27.0 Å². The van der Waals surface area contributed by atoms with Crippen LogP contribution in [-0.2, 0) is 6.54 Å². The summed E-state index contributed by atoms with van der Waals surface area (Å²) in [7, 11) is 1.44. The molecular weight excluding hydrogens is 338 g/mol. The molecule has 1 aliphatic carbocycles. The number of halogens is 5. The molecular formula is C15H20ClF4NO2. The molecule has 0 radical (unpaired) electrons. The van der Waals surface area contributed by atoms with Crippen LogP contribution in [0.25, 0.3) is 0 Å². The summed E-state index contributed by atoms with van der Waals surface area (Å²) in [6, 6.07) is 2.63. The van der Waals surface area contributed by atoms with Crippen LogP contribution < -0.4 is 15.2 Å². The predicted molar refractivity (Wildman–Crippen MR) is 80.5 cm³/mol. The van der Waals surface area contributed by atoms with Crippen molar-refractivity contribution in [2.24, 2.45) is 11.7 Å². The zero-order valence-electron chi connectivity index (χ0n) is 12.7. The maximum absolute atomic E-state index is 14.0. The Kier molecular flexibility index (Phi) is 6.95. The van der Waals surface area contributed by atoms with E-state index in [0.717, 1.165) is 0 Å². The molecule has 0 aromatic heterocycles. The van der Waals surface area contributed by atoms with Gasteiger partial charge in [-0.1, -0.05) is 0 Å². The monoisotopic (exact) mass is 357 g/mol. The molecule has 0 unspecified atom stereocenters. The topological polar surface area (TPSA) is 44.5 Å². The zero-order valence-corrected chi connectivity index (χ0v) is 13.5. The molecule has 0 atom stereocenters. The number of methoxy groups -OCH3 is 1. The van der Waals surface area contributed by atoms with E-state index in [9.17, 15) is 17.6 Å². The number of benzene rings is 1. The second-order valence-electron chi connectivity index (χ2n) is 5.43. The van der Waals surface area contributed by atoms with E-state index in [-0.39, 0.29) is 50.4 Å². The summed E-state index contributed by atoms with van der Waals surface area (Å²) < 4.78 is 62.4. The second kappa shape index (κ2) is 8.06. The maximum atomic E-state index is 14.0. The molecule has 1 aliphatic rings. The third-order valence-corrected chi connectivity index (χ3v) is 3.99. The van der Waals surface area contributed by atoms with Crippen molar-refractivity contribution in [2.75, 3.05) is 7.11 Å². The minimum Gasteiger partial charge on any atom is -0.496 e. The Balaban J connectivity index is 0.00000264. The highest BCUT2D eigenvalue weighted by molar-refractivity contribution is 5.85. The van der Waals surface area contributed by atoms with E-state index in [2.05, 4.69) is 0 Å². The zero-order chi connectivity index (χ0) is 16.3. The van der Waals surface area contributed by atoms with Gasteiger partial charge in [0, 0.05) is 18.2 Å². The van der Waals surface area contributed by atoms with Crippen LogP contribution in [0.4, 0.5) is 17.6 Å². The highest BCUT2D eigenvalue weighted by Crippen LogP contribution is 2.39. The Labute approximate surface area is 138 Å². The molecule has 2 rings (SSSR count). The molecule has 0 spiro atoms. The van der Waals surface area contributed by atoms with Gasteiger partial charge < -0.3 is 15.2 Å². The van der Waals surface area contributed by atoms with Crippen LogP contribution in [0.2, 0.25) is 0 Å². The van der Waals surface area contributed by atoms with Crippen LogP contribution in [0.5, 0.6) is 11.5 Å². The smallest absolute Gasteiger partial charge is 0.391 e. The summed E-state index contributed by atoms with van der Waals surface area (Å²) in [6.07, 6.45) is -4.06. The van der Waals surface area contributed by atoms with Gasteiger partial charge in [-0.05, 0) is 31.7 Å². The summed E-state index contributed by atoms with van der Waals surface area (Å²) in [4.78, 5) is 0. The highest BCUT2D eigenvalue weighted by atomic mass is 35.5. The molecule has 1 aromatic carbocycles. The van der Waals surface area contributed by atoms with Gasteiger partial charge >= 0.3 is 6.18 Å². The van der Waals surface area contributed by atoms with Crippen molar-refractivity contribution in [3.05, 3.63) is 23.5 Å². The van der Waals surface area contributed by atoms with Crippen LogP contribution in [0.3, 0.4) is 0 Å². The molecule has 0 saturated heterocycles. The van der Waals surface area contributed by atoms with Gasteiger partial charge in [0.15, 0.2) is 11.6 Å². The SMILES string of the molecule is COc1cc(OC2CCC(C(F)(F)F)CC2)c(F)cc1CN.Cl. The third kappa shape index (κ3) is 4.88. The average Bonchev–Trinajstić information content (AvgIpc) is 2.48. The van der Waals surface area contributed by atoms with E-state index in [1.165, 1.54) is 19.2 Å². The first-order valence-electron chi connectivity index (χ1n) is 7.15. The fourth-order valence-electron chi connectivity index (χ4n) is 2.70. The average molecular weight is 358 g/mol. The minimum absolute atomic E-state index is 0. The Bertz CT molecular complexity index is 517. The molecule has 8 heteroatoms. The number of rotatable bonds is 4. The lowest BCUT2D eigenvalue weighted by Crippen LogP contribution is -2.32. The Hall–Kier alpha value is -1.21. The van der Waals surface area contributed by atoms with Gasteiger partial charge in [-0.15, -0.1) is 12.4 Å². The highest BCUT2D eigenvalue weighted by Gasteiger charge is 2.41. The van der Waals surface area contributed by atoms with Gasteiger partial charge in [-0.25, -0.2) is 4.39 Å². The molecule has 1 saturated carbocycles. The fourth-order valence-corrected chi connectivity index (χ4v) is 2.70. The molecule has 2 N–H and O–H groups in total. The third-order valence-electron chi connectivity index (χ3n) is 3.99. The van der Waals surface area contributed by atoms with Crippen molar-refractivity contribution in [2.45, 2.75) is 44.5 Å². The largest absolute Gasteiger partial charge is 0.496 e. The molecule has 0 aliphatic heterocycles. The summed E-state index contributed by atoms with van der Waals surface area (Å²) >= 11 is 0. The van der Waals surface area contributed by atoms with Crippen molar-refractivity contribution in [1.29, 1.82) is 0 Å². The molecule has 1 fully saturated rings. The quantitative estimate of drug-likeness (QED) is 0.821. The van der Waals surface area contributed by atoms with Gasteiger partial charge in [-0.3, -0.25) is 0 Å². The molecule has 0 heterocycles. The fraction of sp³-hybridized carbons (Fsp3) is 0.600. The Morgan fingerprint density at radius 1 is 1.13 bits per heavy atom. The first-order valence-corrected chi connectivity index (χ1v) is 7.15. The number of nitrogens with two attached hydrogens (primary N) is 1. The summed E-state index contributed by atoms with van der Waals surface area (Å²) in [5.41, 5.74) is 6.00. The Morgan fingerprint density at radius 2 is 1.74 bits per heavy atom. The first-order chi connectivity index (χ1) is 10.3. The normalized spacial score (nSPS) is 21.5. The lowest BCUT2D eigenvalue weighted by molar-refractivity contribution is -0.185. The molecule has 1 aromatic rings. The van der Waals surface area contributed by atoms with E-state index < -0.39 is 24.0 Å².